The Morgan fingerprint density at radius 1 is 1.26 bits per heavy atom. The van der Waals surface area contributed by atoms with Gasteiger partial charge in [-0.3, -0.25) is 9.59 Å². The number of carbonyl (C=O) groups excluding carboxylic acids is 3. The van der Waals surface area contributed by atoms with E-state index in [2.05, 4.69) is 10.5 Å². The molecule has 0 saturated heterocycles. The molecule has 0 unspecified atom stereocenters. The van der Waals surface area contributed by atoms with E-state index in [1.54, 1.807) is 31.2 Å². The van der Waals surface area contributed by atoms with Crippen molar-refractivity contribution in [1.82, 2.24) is 5.16 Å². The first-order chi connectivity index (χ1) is 10.9. The SMILES string of the molecule is CC(=O)c1ccccc1NC(=O)[C@H](C)OC(=O)c1cc(C)no1. The lowest BCUT2D eigenvalue weighted by atomic mass is 10.1. The number of ketones is 1. The van der Waals surface area contributed by atoms with Crippen molar-refractivity contribution in [1.29, 1.82) is 0 Å². The molecule has 1 atom stereocenters. The molecular weight excluding hydrogens is 300 g/mol. The van der Waals surface area contributed by atoms with E-state index in [4.69, 9.17) is 9.26 Å². The number of rotatable bonds is 5. The number of hydrogen-bond acceptors (Lipinski definition) is 6. The Kier molecular flexibility index (Phi) is 4.90. The van der Waals surface area contributed by atoms with Crippen molar-refractivity contribution in [2.24, 2.45) is 0 Å². The monoisotopic (exact) mass is 316 g/mol. The largest absolute Gasteiger partial charge is 0.447 e. The quantitative estimate of drug-likeness (QED) is 0.671. The van der Waals surface area contributed by atoms with Crippen molar-refractivity contribution in [3.8, 4) is 0 Å². The second kappa shape index (κ2) is 6.87. The Labute approximate surface area is 132 Å². The van der Waals surface area contributed by atoms with Gasteiger partial charge in [-0.15, -0.1) is 0 Å². The smallest absolute Gasteiger partial charge is 0.377 e. The number of Topliss-reactive ketones (excluding diaryl/α,β-unsaturated/α-hetero) is 1. The third-order valence-corrected chi connectivity index (χ3v) is 3.05. The predicted octanol–water partition coefficient (Wildman–Crippen LogP) is 2.37. The van der Waals surface area contributed by atoms with Gasteiger partial charge in [-0.1, -0.05) is 17.3 Å². The van der Waals surface area contributed by atoms with Crippen molar-refractivity contribution in [2.75, 3.05) is 5.32 Å². The summed E-state index contributed by atoms with van der Waals surface area (Å²) in [6.45, 7) is 4.49. The molecule has 7 nitrogen and oxygen atoms in total. The van der Waals surface area contributed by atoms with Gasteiger partial charge in [-0.25, -0.2) is 4.79 Å². The number of esters is 1. The van der Waals surface area contributed by atoms with Crippen LogP contribution in [0.3, 0.4) is 0 Å². The second-order valence-corrected chi connectivity index (χ2v) is 4.97. The number of anilines is 1. The molecule has 2 rings (SSSR count). The van der Waals surface area contributed by atoms with Gasteiger partial charge in [0.2, 0.25) is 5.76 Å². The number of ether oxygens (including phenoxy) is 1. The van der Waals surface area contributed by atoms with Crippen molar-refractivity contribution in [3.63, 3.8) is 0 Å². The molecule has 0 bridgehead atoms. The Hall–Kier alpha value is -2.96. The van der Waals surface area contributed by atoms with Crippen LogP contribution in [0, 0.1) is 6.92 Å². The van der Waals surface area contributed by atoms with E-state index >= 15 is 0 Å². The summed E-state index contributed by atoms with van der Waals surface area (Å²) >= 11 is 0. The molecule has 0 aliphatic carbocycles. The summed E-state index contributed by atoms with van der Waals surface area (Å²) in [7, 11) is 0. The van der Waals surface area contributed by atoms with E-state index < -0.39 is 18.0 Å². The summed E-state index contributed by atoms with van der Waals surface area (Å²) < 4.78 is 9.79. The first kappa shape index (κ1) is 16.4. The molecule has 0 fully saturated rings. The molecule has 0 spiro atoms. The van der Waals surface area contributed by atoms with Gasteiger partial charge in [0.1, 0.15) is 0 Å². The zero-order valence-electron chi connectivity index (χ0n) is 13.0. The number of benzene rings is 1. The lowest BCUT2D eigenvalue weighted by Crippen LogP contribution is -2.30. The van der Waals surface area contributed by atoms with Gasteiger partial charge in [-0.2, -0.15) is 0 Å². The summed E-state index contributed by atoms with van der Waals surface area (Å²) in [4.78, 5) is 35.5. The average molecular weight is 316 g/mol. The minimum absolute atomic E-state index is 0.0775. The molecule has 1 heterocycles. The Morgan fingerprint density at radius 3 is 2.57 bits per heavy atom. The van der Waals surface area contributed by atoms with E-state index in [1.165, 1.54) is 19.9 Å². The zero-order chi connectivity index (χ0) is 17.0. The standard InChI is InChI=1S/C16H16N2O5/c1-9-8-14(23-18-9)16(21)22-11(3)15(20)17-13-7-5-4-6-12(13)10(2)19/h4-8,11H,1-3H3,(H,17,20)/t11-/m0/s1. The molecule has 120 valence electrons. The average Bonchev–Trinajstić information content (AvgIpc) is 2.94. The number of carbonyl (C=O) groups is 3. The van der Waals surface area contributed by atoms with E-state index in [9.17, 15) is 14.4 Å². The minimum atomic E-state index is -1.06. The van der Waals surface area contributed by atoms with Crippen LogP contribution >= 0.6 is 0 Å². The molecule has 1 aromatic heterocycles. The summed E-state index contributed by atoms with van der Waals surface area (Å²) in [5.74, 6) is -1.59. The van der Waals surface area contributed by atoms with Crippen LogP contribution in [0.1, 0.15) is 40.5 Å². The van der Waals surface area contributed by atoms with Crippen molar-refractivity contribution in [2.45, 2.75) is 26.9 Å². The van der Waals surface area contributed by atoms with Crippen LogP contribution in [-0.4, -0.2) is 28.9 Å². The van der Waals surface area contributed by atoms with Crippen LogP contribution in [0.15, 0.2) is 34.9 Å². The maximum Gasteiger partial charge on any atom is 0.377 e. The number of hydrogen-bond donors (Lipinski definition) is 1. The lowest BCUT2D eigenvalue weighted by molar-refractivity contribution is -0.123. The second-order valence-electron chi connectivity index (χ2n) is 4.97. The Balaban J connectivity index is 2.03. The Morgan fingerprint density at radius 2 is 1.96 bits per heavy atom. The Bertz CT molecular complexity index is 750. The first-order valence-corrected chi connectivity index (χ1v) is 6.93. The first-order valence-electron chi connectivity index (χ1n) is 6.93. The third kappa shape index (κ3) is 4.03. The van der Waals surface area contributed by atoms with E-state index in [0.29, 0.717) is 16.9 Å². The third-order valence-electron chi connectivity index (χ3n) is 3.05. The van der Waals surface area contributed by atoms with Crippen LogP contribution < -0.4 is 5.32 Å². The van der Waals surface area contributed by atoms with Gasteiger partial charge in [0.05, 0.1) is 11.4 Å². The van der Waals surface area contributed by atoms with Crippen LogP contribution in [-0.2, 0) is 9.53 Å². The fourth-order valence-electron chi connectivity index (χ4n) is 1.87. The maximum absolute atomic E-state index is 12.1. The van der Waals surface area contributed by atoms with Crippen LogP contribution in [0.2, 0.25) is 0 Å². The summed E-state index contributed by atoms with van der Waals surface area (Å²) in [6.07, 6.45) is -1.06. The zero-order valence-corrected chi connectivity index (χ0v) is 13.0. The van der Waals surface area contributed by atoms with Gasteiger partial charge in [0.25, 0.3) is 5.91 Å². The van der Waals surface area contributed by atoms with Gasteiger partial charge in [-0.05, 0) is 32.9 Å². The molecule has 0 radical (unpaired) electrons. The van der Waals surface area contributed by atoms with Gasteiger partial charge < -0.3 is 14.6 Å². The fraction of sp³-hybridized carbons (Fsp3) is 0.250. The summed E-state index contributed by atoms with van der Waals surface area (Å²) in [5, 5.41) is 6.15. The highest BCUT2D eigenvalue weighted by atomic mass is 16.6. The maximum atomic E-state index is 12.1. The van der Waals surface area contributed by atoms with Crippen LogP contribution in [0.4, 0.5) is 5.69 Å². The lowest BCUT2D eigenvalue weighted by Gasteiger charge is -2.14. The number of amides is 1. The molecule has 1 amide bonds. The van der Waals surface area contributed by atoms with Crippen LogP contribution in [0.25, 0.3) is 0 Å². The van der Waals surface area contributed by atoms with E-state index in [0.717, 1.165) is 0 Å². The van der Waals surface area contributed by atoms with Crippen molar-refractivity contribution in [3.05, 3.63) is 47.3 Å². The van der Waals surface area contributed by atoms with Gasteiger partial charge >= 0.3 is 5.97 Å². The predicted molar refractivity (Wildman–Crippen MR) is 81.2 cm³/mol. The van der Waals surface area contributed by atoms with E-state index in [-0.39, 0.29) is 11.5 Å². The van der Waals surface area contributed by atoms with Gasteiger partial charge in [0, 0.05) is 11.6 Å². The highest BCUT2D eigenvalue weighted by Crippen LogP contribution is 2.16. The topological polar surface area (TPSA) is 98.5 Å². The normalized spacial score (nSPS) is 11.6. The number of nitrogens with one attached hydrogen (secondary N) is 1. The van der Waals surface area contributed by atoms with E-state index in [1.807, 2.05) is 0 Å². The highest BCUT2D eigenvalue weighted by molar-refractivity contribution is 6.05. The number of aryl methyl sites for hydroxylation is 1. The highest BCUT2D eigenvalue weighted by Gasteiger charge is 2.22. The van der Waals surface area contributed by atoms with Crippen molar-refractivity contribution < 1.29 is 23.6 Å². The fourth-order valence-corrected chi connectivity index (χ4v) is 1.87. The molecule has 2 aromatic rings. The summed E-state index contributed by atoms with van der Waals surface area (Å²) in [5.41, 5.74) is 1.28. The molecule has 23 heavy (non-hydrogen) atoms. The molecule has 1 N–H and O–H groups in total. The molecule has 1 aromatic carbocycles. The van der Waals surface area contributed by atoms with Gasteiger partial charge in [0.15, 0.2) is 11.9 Å². The number of para-hydroxylation sites is 1. The van der Waals surface area contributed by atoms with Crippen LogP contribution in [0.5, 0.6) is 0 Å². The molecular formula is C16H16N2O5. The van der Waals surface area contributed by atoms with Crippen molar-refractivity contribution >= 4 is 23.3 Å². The molecule has 7 heteroatoms. The minimum Gasteiger partial charge on any atom is -0.447 e. The molecule has 0 aliphatic rings. The number of aromatic nitrogens is 1. The number of nitrogens with zero attached hydrogens (tertiary/aromatic N) is 1. The summed E-state index contributed by atoms with van der Waals surface area (Å²) in [6, 6.07) is 8.00. The molecule has 0 aliphatic heterocycles. The molecule has 0 saturated carbocycles.